The van der Waals surface area contributed by atoms with Crippen LogP contribution in [0.5, 0.6) is 0 Å². The van der Waals surface area contributed by atoms with Crippen molar-refractivity contribution in [3.63, 3.8) is 0 Å². The molecule has 0 N–H and O–H groups in total. The van der Waals surface area contributed by atoms with Crippen molar-refractivity contribution in [2.75, 3.05) is 0 Å². The molecule has 266 valence electrons. The molecule has 0 atom stereocenters. The topological polar surface area (TPSA) is 9.86 Å². The predicted molar refractivity (Wildman–Crippen MR) is 244 cm³/mol. The number of rotatable bonds is 5. The molecule has 0 saturated carbocycles. The molecule has 2 nitrogen and oxygen atoms in total. The quantitative estimate of drug-likeness (QED) is 0.166. The van der Waals surface area contributed by atoms with Crippen LogP contribution in [-0.4, -0.2) is 9.13 Å². The van der Waals surface area contributed by atoms with Crippen LogP contribution >= 0.6 is 11.3 Å². The SMILES string of the molecule is c1ccc(-c2ccc(-n3c4ccc(-c5ccc6c(c5)c5ccccc5n6-c5ccc6c(c5)sc5ccccc56)cc4c4ccc(-c5ccccc5)cc43)cc2)cc1. The Morgan fingerprint density at radius 3 is 1.42 bits per heavy atom. The number of fused-ring (bicyclic) bond motifs is 9. The zero-order valence-corrected chi connectivity index (χ0v) is 31.7. The number of para-hydroxylation sites is 1. The highest BCUT2D eigenvalue weighted by molar-refractivity contribution is 7.25. The van der Waals surface area contributed by atoms with Gasteiger partial charge >= 0.3 is 0 Å². The largest absolute Gasteiger partial charge is 0.309 e. The zero-order valence-electron chi connectivity index (χ0n) is 30.9. The van der Waals surface area contributed by atoms with Crippen LogP contribution in [0.25, 0.3) is 109 Å². The molecule has 12 rings (SSSR count). The maximum Gasteiger partial charge on any atom is 0.0547 e. The molecule has 0 amide bonds. The van der Waals surface area contributed by atoms with E-state index in [0.717, 1.165) is 5.69 Å². The van der Waals surface area contributed by atoms with E-state index in [0.29, 0.717) is 0 Å². The summed E-state index contributed by atoms with van der Waals surface area (Å²) in [6, 6.07) is 75.7. The average Bonchev–Trinajstić information content (AvgIpc) is 3.93. The van der Waals surface area contributed by atoms with Crippen LogP contribution in [-0.2, 0) is 0 Å². The highest BCUT2D eigenvalue weighted by atomic mass is 32.1. The molecule has 57 heavy (non-hydrogen) atoms. The highest BCUT2D eigenvalue weighted by Gasteiger charge is 2.18. The molecular formula is C54H34N2S. The van der Waals surface area contributed by atoms with Gasteiger partial charge < -0.3 is 9.13 Å². The molecule has 3 heterocycles. The van der Waals surface area contributed by atoms with Crippen LogP contribution < -0.4 is 0 Å². The van der Waals surface area contributed by atoms with Gasteiger partial charge in [-0.25, -0.2) is 0 Å². The molecule has 12 aromatic rings. The van der Waals surface area contributed by atoms with Crippen LogP contribution in [0, 0.1) is 0 Å². The lowest BCUT2D eigenvalue weighted by Crippen LogP contribution is -1.94. The Morgan fingerprint density at radius 1 is 0.246 bits per heavy atom. The van der Waals surface area contributed by atoms with Gasteiger partial charge in [-0.15, -0.1) is 11.3 Å². The van der Waals surface area contributed by atoms with Gasteiger partial charge in [0.25, 0.3) is 0 Å². The number of benzene rings is 9. The maximum atomic E-state index is 2.43. The van der Waals surface area contributed by atoms with E-state index in [1.54, 1.807) is 0 Å². The van der Waals surface area contributed by atoms with Crippen molar-refractivity contribution in [3.8, 4) is 44.8 Å². The van der Waals surface area contributed by atoms with E-state index in [2.05, 4.69) is 215 Å². The molecule has 0 spiro atoms. The van der Waals surface area contributed by atoms with E-state index >= 15 is 0 Å². The molecule has 0 aliphatic heterocycles. The van der Waals surface area contributed by atoms with Gasteiger partial charge in [0.1, 0.15) is 0 Å². The fourth-order valence-corrected chi connectivity index (χ4v) is 10.1. The lowest BCUT2D eigenvalue weighted by molar-refractivity contribution is 1.18. The normalized spacial score (nSPS) is 11.9. The smallest absolute Gasteiger partial charge is 0.0547 e. The first kappa shape index (κ1) is 32.1. The summed E-state index contributed by atoms with van der Waals surface area (Å²) in [7, 11) is 0. The second kappa shape index (κ2) is 12.7. The Kier molecular flexibility index (Phi) is 7.13. The second-order valence-corrected chi connectivity index (χ2v) is 16.0. The van der Waals surface area contributed by atoms with Gasteiger partial charge in [0.05, 0.1) is 22.1 Å². The molecule has 0 aliphatic rings. The van der Waals surface area contributed by atoms with E-state index in [9.17, 15) is 0 Å². The first-order chi connectivity index (χ1) is 28.2. The van der Waals surface area contributed by atoms with E-state index in [-0.39, 0.29) is 0 Å². The summed E-state index contributed by atoms with van der Waals surface area (Å²) in [6.07, 6.45) is 0. The Balaban J connectivity index is 1.02. The van der Waals surface area contributed by atoms with Gasteiger partial charge in [-0.05, 0) is 100 Å². The predicted octanol–water partition coefficient (Wildman–Crippen LogP) is 15.2. The van der Waals surface area contributed by atoms with E-state index in [1.807, 2.05) is 11.3 Å². The van der Waals surface area contributed by atoms with Crippen molar-refractivity contribution >= 4 is 75.1 Å². The lowest BCUT2D eigenvalue weighted by Gasteiger charge is -2.11. The summed E-state index contributed by atoms with van der Waals surface area (Å²) in [5.74, 6) is 0. The molecule has 0 aliphatic carbocycles. The molecular weight excluding hydrogens is 709 g/mol. The molecule has 0 bridgehead atoms. The molecule has 0 radical (unpaired) electrons. The van der Waals surface area contributed by atoms with Crippen LogP contribution in [0.3, 0.4) is 0 Å². The minimum absolute atomic E-state index is 1.15. The number of nitrogens with zero attached hydrogens (tertiary/aromatic N) is 2. The number of thiophene rings is 1. The van der Waals surface area contributed by atoms with E-state index in [1.165, 1.54) is 103 Å². The van der Waals surface area contributed by atoms with Crippen LogP contribution in [0.2, 0.25) is 0 Å². The van der Waals surface area contributed by atoms with Crippen molar-refractivity contribution in [1.82, 2.24) is 9.13 Å². The minimum Gasteiger partial charge on any atom is -0.309 e. The summed E-state index contributed by atoms with van der Waals surface area (Å²) in [5, 5.41) is 7.65. The molecule has 9 aromatic carbocycles. The van der Waals surface area contributed by atoms with Crippen LogP contribution in [0.15, 0.2) is 206 Å². The van der Waals surface area contributed by atoms with Crippen molar-refractivity contribution in [1.29, 1.82) is 0 Å². The van der Waals surface area contributed by atoms with Gasteiger partial charge in [-0.2, -0.15) is 0 Å². The van der Waals surface area contributed by atoms with Gasteiger partial charge in [-0.3, -0.25) is 0 Å². The number of hydrogen-bond donors (Lipinski definition) is 0. The second-order valence-electron chi connectivity index (χ2n) is 14.9. The maximum absolute atomic E-state index is 2.43. The van der Waals surface area contributed by atoms with Crippen LogP contribution in [0.4, 0.5) is 0 Å². The summed E-state index contributed by atoms with van der Waals surface area (Å²) < 4.78 is 7.50. The summed E-state index contributed by atoms with van der Waals surface area (Å²) in [6.45, 7) is 0. The first-order valence-corrected chi connectivity index (χ1v) is 20.3. The zero-order chi connectivity index (χ0) is 37.5. The highest BCUT2D eigenvalue weighted by Crippen LogP contribution is 2.41. The number of aromatic nitrogens is 2. The molecule has 0 saturated heterocycles. The third kappa shape index (κ3) is 5.10. The van der Waals surface area contributed by atoms with E-state index in [4.69, 9.17) is 0 Å². The van der Waals surface area contributed by atoms with Crippen molar-refractivity contribution in [2.24, 2.45) is 0 Å². The monoisotopic (exact) mass is 742 g/mol. The van der Waals surface area contributed by atoms with Crippen molar-refractivity contribution < 1.29 is 0 Å². The van der Waals surface area contributed by atoms with Gasteiger partial charge in [-0.1, -0.05) is 140 Å². The first-order valence-electron chi connectivity index (χ1n) is 19.5. The fraction of sp³-hybridized carbons (Fsp3) is 0. The number of hydrogen-bond acceptors (Lipinski definition) is 1. The Bertz CT molecular complexity index is 3490. The van der Waals surface area contributed by atoms with Gasteiger partial charge in [0.2, 0.25) is 0 Å². The van der Waals surface area contributed by atoms with E-state index < -0.39 is 0 Å². The summed E-state index contributed by atoms with van der Waals surface area (Å²) in [4.78, 5) is 0. The summed E-state index contributed by atoms with van der Waals surface area (Å²) in [5.41, 5.74) is 14.4. The fourth-order valence-electron chi connectivity index (χ4n) is 9.01. The van der Waals surface area contributed by atoms with Crippen LogP contribution in [0.1, 0.15) is 0 Å². The third-order valence-corrected chi connectivity index (χ3v) is 12.9. The molecule has 0 fully saturated rings. The Labute approximate surface area is 333 Å². The Hall–Kier alpha value is -7.20. The van der Waals surface area contributed by atoms with Crippen molar-refractivity contribution in [2.45, 2.75) is 0 Å². The van der Waals surface area contributed by atoms with Gasteiger partial charge in [0, 0.05) is 53.1 Å². The third-order valence-electron chi connectivity index (χ3n) is 11.7. The van der Waals surface area contributed by atoms with Crippen molar-refractivity contribution in [3.05, 3.63) is 206 Å². The minimum atomic E-state index is 1.15. The molecule has 3 heteroatoms. The average molecular weight is 743 g/mol. The molecule has 3 aromatic heterocycles. The summed E-state index contributed by atoms with van der Waals surface area (Å²) >= 11 is 1.87. The van der Waals surface area contributed by atoms with Gasteiger partial charge in [0.15, 0.2) is 0 Å². The lowest BCUT2D eigenvalue weighted by atomic mass is 9.99. The molecule has 0 unspecified atom stereocenters. The Morgan fingerprint density at radius 2 is 0.702 bits per heavy atom. The standard InChI is InChI=1S/C54H34N2S/c1-3-11-35(12-4-1)37-19-24-41(25-20-37)55-50-29-22-39(32-48(50)44-27-21-40(33-52(44)55)36-13-5-2-6-14-36)38-23-30-51-47(31-38)43-15-7-9-17-49(43)56(51)42-26-28-46-45-16-8-10-18-53(45)57-54(46)34-42/h1-34H.